The molecule has 1 heterocycles. The molecular weight excluding hydrogens is 260 g/mol. The average molecular weight is 290 g/mol. The summed E-state index contributed by atoms with van der Waals surface area (Å²) >= 11 is 0. The SMILES string of the molecule is CCNC1CCCN(C(=O)C23CC4CC(CC(C4)C2)C3)C1. The summed E-state index contributed by atoms with van der Waals surface area (Å²) in [7, 11) is 0. The Labute approximate surface area is 128 Å². The first-order valence-electron chi connectivity index (χ1n) is 9.21. The van der Waals surface area contributed by atoms with E-state index in [0.717, 1.165) is 37.4 Å². The van der Waals surface area contributed by atoms with Crippen LogP contribution in [0.25, 0.3) is 0 Å². The highest BCUT2D eigenvalue weighted by Crippen LogP contribution is 2.60. The molecule has 1 saturated heterocycles. The van der Waals surface area contributed by atoms with Gasteiger partial charge in [-0.15, -0.1) is 0 Å². The van der Waals surface area contributed by atoms with Crippen molar-refractivity contribution in [2.45, 2.75) is 64.3 Å². The van der Waals surface area contributed by atoms with Gasteiger partial charge in [0, 0.05) is 19.1 Å². The predicted molar refractivity (Wildman–Crippen MR) is 83.9 cm³/mol. The van der Waals surface area contributed by atoms with Gasteiger partial charge in [0.25, 0.3) is 0 Å². The second-order valence-corrected chi connectivity index (χ2v) is 8.35. The number of carbonyl (C=O) groups is 1. The summed E-state index contributed by atoms with van der Waals surface area (Å²) in [6.45, 7) is 5.14. The molecule has 0 radical (unpaired) electrons. The summed E-state index contributed by atoms with van der Waals surface area (Å²) in [6.07, 6.45) is 10.3. The number of hydrogen-bond acceptors (Lipinski definition) is 2. The van der Waals surface area contributed by atoms with Crippen LogP contribution in [0, 0.1) is 23.2 Å². The minimum atomic E-state index is 0.0584. The monoisotopic (exact) mass is 290 g/mol. The Morgan fingerprint density at radius 3 is 2.33 bits per heavy atom. The molecule has 5 rings (SSSR count). The number of carbonyl (C=O) groups excluding carboxylic acids is 1. The van der Waals surface area contributed by atoms with Crippen molar-refractivity contribution in [1.29, 1.82) is 0 Å². The zero-order chi connectivity index (χ0) is 14.4. The molecular formula is C18H30N2O. The van der Waals surface area contributed by atoms with E-state index >= 15 is 0 Å². The van der Waals surface area contributed by atoms with Gasteiger partial charge in [-0.1, -0.05) is 6.92 Å². The third-order valence-electron chi connectivity index (χ3n) is 6.69. The van der Waals surface area contributed by atoms with E-state index < -0.39 is 0 Å². The van der Waals surface area contributed by atoms with Crippen LogP contribution in [0.1, 0.15) is 58.3 Å². The summed E-state index contributed by atoms with van der Waals surface area (Å²) in [6, 6.07) is 0.529. The molecule has 3 heteroatoms. The van der Waals surface area contributed by atoms with Crippen LogP contribution in [0.3, 0.4) is 0 Å². The van der Waals surface area contributed by atoms with Gasteiger partial charge in [-0.25, -0.2) is 0 Å². The van der Waals surface area contributed by atoms with E-state index in [0.29, 0.717) is 11.9 Å². The zero-order valence-corrected chi connectivity index (χ0v) is 13.4. The van der Waals surface area contributed by atoms with E-state index in [-0.39, 0.29) is 5.41 Å². The van der Waals surface area contributed by atoms with Crippen molar-refractivity contribution in [3.63, 3.8) is 0 Å². The van der Waals surface area contributed by atoms with Crippen molar-refractivity contribution in [3.8, 4) is 0 Å². The summed E-state index contributed by atoms with van der Waals surface area (Å²) < 4.78 is 0. The summed E-state index contributed by atoms with van der Waals surface area (Å²) in [4.78, 5) is 15.5. The highest BCUT2D eigenvalue weighted by Gasteiger charge is 2.55. The molecule has 0 aromatic rings. The molecule has 5 aliphatic rings. The molecule has 0 spiro atoms. The minimum absolute atomic E-state index is 0.0584. The Balaban J connectivity index is 1.49. The molecule has 1 atom stereocenters. The molecule has 1 N–H and O–H groups in total. The zero-order valence-electron chi connectivity index (χ0n) is 13.4. The van der Waals surface area contributed by atoms with Gasteiger partial charge in [0.2, 0.25) is 5.91 Å². The van der Waals surface area contributed by atoms with Crippen LogP contribution in [0.15, 0.2) is 0 Å². The van der Waals surface area contributed by atoms with Crippen LogP contribution >= 0.6 is 0 Å². The fraction of sp³-hybridized carbons (Fsp3) is 0.944. The third-order valence-corrected chi connectivity index (χ3v) is 6.69. The Morgan fingerprint density at radius 2 is 1.76 bits per heavy atom. The van der Waals surface area contributed by atoms with Gasteiger partial charge in [-0.2, -0.15) is 0 Å². The molecule has 1 amide bonds. The van der Waals surface area contributed by atoms with Gasteiger partial charge in [0.1, 0.15) is 0 Å². The van der Waals surface area contributed by atoms with Crippen molar-refractivity contribution < 1.29 is 4.79 Å². The molecule has 1 aliphatic heterocycles. The van der Waals surface area contributed by atoms with Crippen LogP contribution in [-0.2, 0) is 4.79 Å². The first-order chi connectivity index (χ1) is 10.2. The lowest BCUT2D eigenvalue weighted by molar-refractivity contribution is -0.159. The number of nitrogens with zero attached hydrogens (tertiary/aromatic N) is 1. The first-order valence-corrected chi connectivity index (χ1v) is 9.21. The summed E-state index contributed by atoms with van der Waals surface area (Å²) in [5.74, 6) is 3.14. The lowest BCUT2D eigenvalue weighted by Crippen LogP contribution is -2.57. The molecule has 0 aromatic carbocycles. The van der Waals surface area contributed by atoms with Crippen molar-refractivity contribution in [2.24, 2.45) is 23.2 Å². The lowest BCUT2D eigenvalue weighted by atomic mass is 9.49. The van der Waals surface area contributed by atoms with Gasteiger partial charge in [-0.3, -0.25) is 4.79 Å². The van der Waals surface area contributed by atoms with E-state index in [2.05, 4.69) is 17.1 Å². The molecule has 5 fully saturated rings. The smallest absolute Gasteiger partial charge is 0.228 e. The Morgan fingerprint density at radius 1 is 1.14 bits per heavy atom. The van der Waals surface area contributed by atoms with Crippen LogP contribution in [-0.4, -0.2) is 36.5 Å². The standard InChI is InChI=1S/C18H30N2O/c1-2-19-16-4-3-5-20(12-16)17(21)18-9-13-6-14(10-18)8-15(7-13)11-18/h13-16,19H,2-12H2,1H3. The van der Waals surface area contributed by atoms with Gasteiger partial charge in [-0.05, 0) is 75.7 Å². The highest BCUT2D eigenvalue weighted by molar-refractivity contribution is 5.83. The number of nitrogens with one attached hydrogen (secondary N) is 1. The quantitative estimate of drug-likeness (QED) is 0.867. The highest BCUT2D eigenvalue weighted by atomic mass is 16.2. The largest absolute Gasteiger partial charge is 0.341 e. The van der Waals surface area contributed by atoms with Gasteiger partial charge in [0.15, 0.2) is 0 Å². The maximum atomic E-state index is 13.3. The van der Waals surface area contributed by atoms with Gasteiger partial charge < -0.3 is 10.2 Å². The number of likely N-dealkylation sites (tertiary alicyclic amines) is 1. The van der Waals surface area contributed by atoms with E-state index in [4.69, 9.17) is 0 Å². The number of amides is 1. The Kier molecular flexibility index (Phi) is 3.52. The fourth-order valence-electron chi connectivity index (χ4n) is 6.32. The summed E-state index contributed by atoms with van der Waals surface area (Å²) in [5.41, 5.74) is 0.0584. The van der Waals surface area contributed by atoms with Crippen molar-refractivity contribution in [1.82, 2.24) is 10.2 Å². The number of piperidine rings is 1. The minimum Gasteiger partial charge on any atom is -0.341 e. The first kappa shape index (κ1) is 14.0. The van der Waals surface area contributed by atoms with Crippen molar-refractivity contribution in [2.75, 3.05) is 19.6 Å². The van der Waals surface area contributed by atoms with Crippen LogP contribution in [0.5, 0.6) is 0 Å². The molecule has 1 unspecified atom stereocenters. The molecule has 4 saturated carbocycles. The van der Waals surface area contributed by atoms with E-state index in [1.165, 1.54) is 51.4 Å². The van der Waals surface area contributed by atoms with E-state index in [1.54, 1.807) is 0 Å². The molecule has 21 heavy (non-hydrogen) atoms. The average Bonchev–Trinajstić information content (AvgIpc) is 2.46. The topological polar surface area (TPSA) is 32.3 Å². The third kappa shape index (κ3) is 2.42. The number of hydrogen-bond donors (Lipinski definition) is 1. The van der Waals surface area contributed by atoms with E-state index in [1.807, 2.05) is 0 Å². The maximum absolute atomic E-state index is 13.3. The Bertz CT molecular complexity index is 382. The summed E-state index contributed by atoms with van der Waals surface area (Å²) in [5, 5.41) is 3.55. The molecule has 0 aromatic heterocycles. The molecule has 4 bridgehead atoms. The number of rotatable bonds is 3. The molecule has 118 valence electrons. The predicted octanol–water partition coefficient (Wildman–Crippen LogP) is 2.80. The fourth-order valence-corrected chi connectivity index (χ4v) is 6.32. The van der Waals surface area contributed by atoms with Crippen LogP contribution in [0.4, 0.5) is 0 Å². The molecule has 4 aliphatic carbocycles. The second-order valence-electron chi connectivity index (χ2n) is 8.35. The van der Waals surface area contributed by atoms with Crippen molar-refractivity contribution >= 4 is 5.91 Å². The number of likely N-dealkylation sites (N-methyl/N-ethyl adjacent to an activating group) is 1. The Hall–Kier alpha value is -0.570. The van der Waals surface area contributed by atoms with Crippen LogP contribution < -0.4 is 5.32 Å². The van der Waals surface area contributed by atoms with Crippen LogP contribution in [0.2, 0.25) is 0 Å². The second kappa shape index (κ2) is 5.26. The lowest BCUT2D eigenvalue weighted by Gasteiger charge is -2.57. The normalized spacial score (nSPS) is 45.1. The van der Waals surface area contributed by atoms with E-state index in [9.17, 15) is 4.79 Å². The van der Waals surface area contributed by atoms with Gasteiger partial charge in [0.05, 0.1) is 5.41 Å². The molecule has 3 nitrogen and oxygen atoms in total. The maximum Gasteiger partial charge on any atom is 0.228 e. The van der Waals surface area contributed by atoms with Crippen molar-refractivity contribution in [3.05, 3.63) is 0 Å². The van der Waals surface area contributed by atoms with Gasteiger partial charge >= 0.3 is 0 Å².